The number of imide groups is 1. The molecule has 0 aromatic heterocycles. The van der Waals surface area contributed by atoms with Crippen molar-refractivity contribution in [2.45, 2.75) is 13.8 Å². The van der Waals surface area contributed by atoms with Gasteiger partial charge in [0.25, 0.3) is 11.8 Å². The molecule has 1 N–H and O–H groups in total. The lowest BCUT2D eigenvalue weighted by Gasteiger charge is -2.10. The molecular weight excluding hydrogens is 292 g/mol. The second-order valence-electron chi connectivity index (χ2n) is 5.24. The Morgan fingerprint density at radius 3 is 2.09 bits per heavy atom. The normalized spacial score (nSPS) is 14.2. The van der Waals surface area contributed by atoms with Crippen LogP contribution in [0.5, 0.6) is 0 Å². The summed E-state index contributed by atoms with van der Waals surface area (Å²) < 4.78 is 0. The zero-order chi connectivity index (χ0) is 16.4. The van der Waals surface area contributed by atoms with Gasteiger partial charge in [-0.05, 0) is 31.2 Å². The molecule has 2 aromatic rings. The van der Waals surface area contributed by atoms with E-state index in [4.69, 9.17) is 0 Å². The first-order valence-corrected chi connectivity index (χ1v) is 7.40. The van der Waals surface area contributed by atoms with Crippen LogP contribution in [0.4, 0.5) is 5.69 Å². The van der Waals surface area contributed by atoms with Gasteiger partial charge in [-0.2, -0.15) is 0 Å². The number of hydrazine groups is 2. The quantitative estimate of drug-likeness (QED) is 0.409. The summed E-state index contributed by atoms with van der Waals surface area (Å²) in [6.07, 6.45) is 0. The number of benzene rings is 2. The van der Waals surface area contributed by atoms with Crippen LogP contribution in [-0.2, 0) is 0 Å². The molecule has 23 heavy (non-hydrogen) atoms. The molecule has 3 rings (SSSR count). The molecule has 0 fully saturated rings. The van der Waals surface area contributed by atoms with Crippen molar-refractivity contribution < 1.29 is 14.4 Å². The molecule has 6 heteroatoms. The summed E-state index contributed by atoms with van der Waals surface area (Å²) in [5.41, 5.74) is 5.45. The molecule has 1 aliphatic heterocycles. The topological polar surface area (TPSA) is 64.8 Å². The first-order chi connectivity index (χ1) is 11.1. The molecule has 0 aliphatic carbocycles. The Bertz CT molecular complexity index is 761. The molecule has 2 aromatic carbocycles. The SMILES string of the molecule is CC[N+](=Nc1ccc(C)cc1)NN1C(=O)c2ccccc2C1=O. The molecule has 0 unspecified atom stereocenters. The standard InChI is InChI=1S/C17H17N4O2/c1-3-20(18-13-10-8-12(2)9-11-13)19-21-16(22)14-6-4-5-7-15(14)17(21)23/h4-11H,3H2,1-2H3,(H,18,19)/q+1. The van der Waals surface area contributed by atoms with Gasteiger partial charge in [-0.25, -0.2) is 0 Å². The number of nitrogens with one attached hydrogen (secondary N) is 1. The summed E-state index contributed by atoms with van der Waals surface area (Å²) in [5, 5.41) is 5.38. The van der Waals surface area contributed by atoms with E-state index in [-0.39, 0.29) is 11.8 Å². The van der Waals surface area contributed by atoms with Crippen LogP contribution >= 0.6 is 0 Å². The van der Waals surface area contributed by atoms with Crippen LogP contribution in [-0.4, -0.2) is 28.2 Å². The van der Waals surface area contributed by atoms with Crippen molar-refractivity contribution in [2.75, 3.05) is 6.54 Å². The molecule has 0 spiro atoms. The molecular formula is C17H17N4O2+. The van der Waals surface area contributed by atoms with Gasteiger partial charge in [0.1, 0.15) is 5.69 Å². The van der Waals surface area contributed by atoms with Gasteiger partial charge in [-0.3, -0.25) is 9.59 Å². The number of amides is 2. The highest BCUT2D eigenvalue weighted by atomic mass is 16.2. The molecule has 116 valence electrons. The van der Waals surface area contributed by atoms with Crippen molar-refractivity contribution >= 4 is 17.5 Å². The number of azo groups is 1. The third-order valence-corrected chi connectivity index (χ3v) is 3.58. The number of rotatable bonds is 4. The van der Waals surface area contributed by atoms with E-state index in [1.807, 2.05) is 38.1 Å². The molecule has 0 bridgehead atoms. The third kappa shape index (κ3) is 2.83. The largest absolute Gasteiger partial charge is 0.284 e. The highest BCUT2D eigenvalue weighted by Gasteiger charge is 2.38. The van der Waals surface area contributed by atoms with Crippen molar-refractivity contribution in [3.63, 3.8) is 0 Å². The second-order valence-corrected chi connectivity index (χ2v) is 5.24. The highest BCUT2D eigenvalue weighted by Crippen LogP contribution is 2.21. The number of carbonyl (C=O) groups is 2. The Morgan fingerprint density at radius 1 is 1.00 bits per heavy atom. The molecule has 1 aliphatic rings. The van der Waals surface area contributed by atoms with Gasteiger partial charge in [0, 0.05) is 16.8 Å². The van der Waals surface area contributed by atoms with E-state index in [9.17, 15) is 9.59 Å². The minimum absolute atomic E-state index is 0.372. The predicted octanol–water partition coefficient (Wildman–Crippen LogP) is 2.83. The van der Waals surface area contributed by atoms with Crippen LogP contribution in [0.2, 0.25) is 0 Å². The van der Waals surface area contributed by atoms with Gasteiger partial charge in [0.15, 0.2) is 6.54 Å². The fourth-order valence-corrected chi connectivity index (χ4v) is 2.31. The maximum atomic E-state index is 12.3. The van der Waals surface area contributed by atoms with E-state index in [1.54, 1.807) is 24.3 Å². The summed E-state index contributed by atoms with van der Waals surface area (Å²) >= 11 is 0. The van der Waals surface area contributed by atoms with Crippen LogP contribution in [0.25, 0.3) is 0 Å². The minimum atomic E-state index is -0.372. The van der Waals surface area contributed by atoms with Gasteiger partial charge in [0.05, 0.1) is 11.1 Å². The monoisotopic (exact) mass is 309 g/mol. The predicted molar refractivity (Wildman–Crippen MR) is 84.1 cm³/mol. The average Bonchev–Trinajstić information content (AvgIpc) is 2.81. The molecule has 0 radical (unpaired) electrons. The van der Waals surface area contributed by atoms with E-state index in [2.05, 4.69) is 10.6 Å². The van der Waals surface area contributed by atoms with Crippen LogP contribution < -0.4 is 5.53 Å². The first kappa shape index (κ1) is 14.9. The number of aryl methyl sites for hydroxylation is 1. The summed E-state index contributed by atoms with van der Waals surface area (Å²) in [6, 6.07) is 14.4. The fourth-order valence-electron chi connectivity index (χ4n) is 2.31. The summed E-state index contributed by atoms with van der Waals surface area (Å²) in [4.78, 5) is 26.1. The second kappa shape index (κ2) is 6.00. The molecule has 0 saturated carbocycles. The van der Waals surface area contributed by atoms with Crippen molar-refractivity contribution in [3.05, 3.63) is 65.2 Å². The summed E-state index contributed by atoms with van der Waals surface area (Å²) in [7, 11) is 0. The summed E-state index contributed by atoms with van der Waals surface area (Å²) in [6.45, 7) is 4.36. The minimum Gasteiger partial charge on any atom is -0.266 e. The van der Waals surface area contributed by atoms with Crippen LogP contribution in [0.3, 0.4) is 0 Å². The number of hydrogen-bond donors (Lipinski definition) is 1. The fraction of sp³-hybridized carbons (Fsp3) is 0.176. The lowest BCUT2D eigenvalue weighted by atomic mass is 10.1. The maximum Gasteiger partial charge on any atom is 0.284 e. The van der Waals surface area contributed by atoms with Gasteiger partial charge >= 0.3 is 0 Å². The van der Waals surface area contributed by atoms with Crippen LogP contribution in [0, 0.1) is 6.92 Å². The number of hydrogen-bond acceptors (Lipinski definition) is 3. The van der Waals surface area contributed by atoms with Crippen molar-refractivity contribution in [3.8, 4) is 0 Å². The van der Waals surface area contributed by atoms with Gasteiger partial charge < -0.3 is 0 Å². The Morgan fingerprint density at radius 2 is 1.57 bits per heavy atom. The van der Waals surface area contributed by atoms with Gasteiger partial charge in [-0.1, -0.05) is 35.4 Å². The van der Waals surface area contributed by atoms with Crippen LogP contribution in [0.15, 0.2) is 53.6 Å². The van der Waals surface area contributed by atoms with Gasteiger partial charge in [-0.15, -0.1) is 5.01 Å². The Balaban J connectivity index is 1.84. The molecule has 0 atom stereocenters. The van der Waals surface area contributed by atoms with E-state index in [0.717, 1.165) is 16.3 Å². The molecule has 1 heterocycles. The zero-order valence-corrected chi connectivity index (χ0v) is 13.0. The van der Waals surface area contributed by atoms with Gasteiger partial charge in [0.2, 0.25) is 0 Å². The smallest absolute Gasteiger partial charge is 0.266 e. The Kier molecular flexibility index (Phi) is 3.89. The molecule has 6 nitrogen and oxygen atoms in total. The maximum absolute atomic E-state index is 12.3. The summed E-state index contributed by atoms with van der Waals surface area (Å²) in [5.74, 6) is -0.744. The highest BCUT2D eigenvalue weighted by molar-refractivity contribution is 6.20. The molecule has 0 saturated heterocycles. The average molecular weight is 309 g/mol. The van der Waals surface area contributed by atoms with E-state index in [0.29, 0.717) is 17.7 Å². The Hall–Kier alpha value is -3.02. The van der Waals surface area contributed by atoms with Crippen molar-refractivity contribution in [1.82, 2.24) is 10.5 Å². The number of fused-ring (bicyclic) bond motifs is 1. The zero-order valence-electron chi connectivity index (χ0n) is 13.0. The van der Waals surface area contributed by atoms with Crippen molar-refractivity contribution in [1.29, 1.82) is 0 Å². The lowest BCUT2D eigenvalue weighted by molar-refractivity contribution is -0.661. The molecule has 2 amide bonds. The van der Waals surface area contributed by atoms with Crippen LogP contribution in [0.1, 0.15) is 33.2 Å². The lowest BCUT2D eigenvalue weighted by Crippen LogP contribution is -2.47. The van der Waals surface area contributed by atoms with Crippen molar-refractivity contribution in [2.24, 2.45) is 5.11 Å². The number of carbonyl (C=O) groups excluding carboxylic acids is 2. The van der Waals surface area contributed by atoms with E-state index >= 15 is 0 Å². The van der Waals surface area contributed by atoms with E-state index in [1.165, 1.54) is 4.81 Å². The third-order valence-electron chi connectivity index (χ3n) is 3.58. The number of nitrogens with zero attached hydrogens (tertiary/aromatic N) is 3. The van der Waals surface area contributed by atoms with E-state index < -0.39 is 0 Å². The Labute approximate surface area is 134 Å². The first-order valence-electron chi connectivity index (χ1n) is 7.40.